The topological polar surface area (TPSA) is 80.5 Å². The van der Waals surface area contributed by atoms with E-state index < -0.39 is 9.84 Å². The maximum atomic E-state index is 12.4. The van der Waals surface area contributed by atoms with E-state index in [4.69, 9.17) is 5.73 Å². The molecule has 7 heteroatoms. The summed E-state index contributed by atoms with van der Waals surface area (Å²) in [5.74, 6) is 0.240. The number of amides is 1. The normalized spacial score (nSPS) is 24.9. The van der Waals surface area contributed by atoms with Crippen LogP contribution >= 0.6 is 12.4 Å². The molecule has 0 aromatic rings. The molecule has 1 aliphatic heterocycles. The molecular weight excluding hydrogens is 300 g/mol. The van der Waals surface area contributed by atoms with Crippen LogP contribution in [0.5, 0.6) is 0 Å². The second-order valence-corrected chi connectivity index (χ2v) is 8.36. The van der Waals surface area contributed by atoms with Gasteiger partial charge in [0.25, 0.3) is 0 Å². The summed E-state index contributed by atoms with van der Waals surface area (Å²) in [6.45, 7) is 1.28. The first-order valence-corrected chi connectivity index (χ1v) is 9.09. The lowest BCUT2D eigenvalue weighted by Crippen LogP contribution is -2.48. The van der Waals surface area contributed by atoms with Crippen LogP contribution in [0.4, 0.5) is 0 Å². The number of halogens is 1. The Morgan fingerprint density at radius 1 is 1.35 bits per heavy atom. The molecule has 1 atom stereocenters. The number of hydrogen-bond donors (Lipinski definition) is 1. The molecule has 1 amide bonds. The van der Waals surface area contributed by atoms with E-state index in [0.29, 0.717) is 13.0 Å². The smallest absolute Gasteiger partial charge is 0.223 e. The number of piperidine rings is 1. The summed E-state index contributed by atoms with van der Waals surface area (Å²) < 4.78 is 22.8. The van der Waals surface area contributed by atoms with Crippen LogP contribution in [-0.4, -0.2) is 50.4 Å². The predicted molar refractivity (Wildman–Crippen MR) is 81.6 cm³/mol. The molecule has 0 aromatic heterocycles. The van der Waals surface area contributed by atoms with Crippen molar-refractivity contribution in [1.82, 2.24) is 4.90 Å². The summed E-state index contributed by atoms with van der Waals surface area (Å²) in [5.41, 5.74) is 5.45. The van der Waals surface area contributed by atoms with Gasteiger partial charge in [-0.25, -0.2) is 8.42 Å². The van der Waals surface area contributed by atoms with Crippen LogP contribution in [-0.2, 0) is 14.6 Å². The van der Waals surface area contributed by atoms with Gasteiger partial charge in [-0.3, -0.25) is 4.79 Å². The number of nitrogens with zero attached hydrogens (tertiary/aromatic N) is 1. The van der Waals surface area contributed by atoms with Crippen LogP contribution in [0.15, 0.2) is 0 Å². The Kier molecular flexibility index (Phi) is 5.87. The van der Waals surface area contributed by atoms with Crippen molar-refractivity contribution in [3.63, 3.8) is 0 Å². The van der Waals surface area contributed by atoms with E-state index in [0.717, 1.165) is 38.6 Å². The molecule has 2 fully saturated rings. The molecule has 1 saturated heterocycles. The van der Waals surface area contributed by atoms with E-state index in [-0.39, 0.29) is 35.5 Å². The van der Waals surface area contributed by atoms with Gasteiger partial charge in [-0.2, -0.15) is 0 Å². The van der Waals surface area contributed by atoms with Crippen LogP contribution in [0.1, 0.15) is 38.5 Å². The minimum atomic E-state index is -3.01. The van der Waals surface area contributed by atoms with Gasteiger partial charge in [0.1, 0.15) is 9.84 Å². The van der Waals surface area contributed by atoms with Crippen molar-refractivity contribution in [3.8, 4) is 0 Å². The fraction of sp³-hybridized carbons (Fsp3) is 0.923. The van der Waals surface area contributed by atoms with Crippen molar-refractivity contribution in [1.29, 1.82) is 0 Å². The van der Waals surface area contributed by atoms with E-state index in [2.05, 4.69) is 0 Å². The minimum absolute atomic E-state index is 0. The Balaban J connectivity index is 0.00000200. The highest BCUT2D eigenvalue weighted by Crippen LogP contribution is 2.50. The summed E-state index contributed by atoms with van der Waals surface area (Å²) in [7, 11) is -3.01. The molecule has 0 bridgehead atoms. The molecule has 2 rings (SSSR count). The Bertz CT molecular complexity index is 449. The van der Waals surface area contributed by atoms with Crippen LogP contribution < -0.4 is 5.73 Å². The van der Waals surface area contributed by atoms with Crippen molar-refractivity contribution in [3.05, 3.63) is 0 Å². The monoisotopic (exact) mass is 324 g/mol. The molecule has 1 unspecified atom stereocenters. The Hall–Kier alpha value is -0.330. The van der Waals surface area contributed by atoms with Gasteiger partial charge < -0.3 is 10.6 Å². The first-order chi connectivity index (χ1) is 8.85. The lowest BCUT2D eigenvalue weighted by molar-refractivity contribution is -0.135. The average molecular weight is 325 g/mol. The number of carbonyl (C=O) groups is 1. The van der Waals surface area contributed by atoms with Crippen LogP contribution in [0.2, 0.25) is 0 Å². The molecular formula is C13H25ClN2O3S. The molecule has 0 aromatic carbocycles. The maximum absolute atomic E-state index is 12.4. The van der Waals surface area contributed by atoms with E-state index >= 15 is 0 Å². The third-order valence-corrected chi connectivity index (χ3v) is 5.41. The largest absolute Gasteiger partial charge is 0.338 e. The highest BCUT2D eigenvalue weighted by molar-refractivity contribution is 7.90. The Labute approximate surface area is 127 Å². The molecule has 1 saturated carbocycles. The van der Waals surface area contributed by atoms with Gasteiger partial charge in [-0.05, 0) is 37.5 Å². The zero-order valence-corrected chi connectivity index (χ0v) is 13.6. The lowest BCUT2D eigenvalue weighted by atomic mass is 9.98. The Morgan fingerprint density at radius 2 is 2.00 bits per heavy atom. The maximum Gasteiger partial charge on any atom is 0.223 e. The molecule has 0 spiro atoms. The summed E-state index contributed by atoms with van der Waals surface area (Å²) in [4.78, 5) is 14.3. The van der Waals surface area contributed by atoms with Gasteiger partial charge in [-0.15, -0.1) is 12.4 Å². The van der Waals surface area contributed by atoms with Gasteiger partial charge >= 0.3 is 0 Å². The molecule has 0 radical (unpaired) electrons. The van der Waals surface area contributed by atoms with Crippen molar-refractivity contribution in [2.24, 2.45) is 11.1 Å². The van der Waals surface area contributed by atoms with E-state index in [1.165, 1.54) is 6.26 Å². The highest BCUT2D eigenvalue weighted by Gasteiger charge is 2.47. The van der Waals surface area contributed by atoms with Crippen molar-refractivity contribution in [2.75, 3.05) is 25.1 Å². The molecule has 2 N–H and O–H groups in total. The van der Waals surface area contributed by atoms with Crippen LogP contribution in [0, 0.1) is 5.41 Å². The molecule has 20 heavy (non-hydrogen) atoms. The van der Waals surface area contributed by atoms with Gasteiger partial charge in [-0.1, -0.05) is 0 Å². The van der Waals surface area contributed by atoms with Gasteiger partial charge in [0.15, 0.2) is 0 Å². The second kappa shape index (κ2) is 6.62. The SMILES string of the molecule is CS(=O)(=O)CC1(CC(=O)N2CCCCC2CN)CC1.Cl. The third kappa shape index (κ3) is 4.60. The van der Waals surface area contributed by atoms with Crippen LogP contribution in [0.25, 0.3) is 0 Å². The number of hydrogen-bond acceptors (Lipinski definition) is 4. The number of carbonyl (C=O) groups excluding carboxylic acids is 1. The number of likely N-dealkylation sites (tertiary alicyclic amines) is 1. The van der Waals surface area contributed by atoms with E-state index in [1.54, 1.807) is 0 Å². The summed E-state index contributed by atoms with van der Waals surface area (Å²) in [5, 5.41) is 0. The quantitative estimate of drug-likeness (QED) is 0.817. The Morgan fingerprint density at radius 3 is 2.50 bits per heavy atom. The molecule has 5 nitrogen and oxygen atoms in total. The molecule has 1 heterocycles. The number of rotatable bonds is 5. The van der Waals surface area contributed by atoms with Crippen molar-refractivity contribution in [2.45, 2.75) is 44.6 Å². The predicted octanol–water partition coefficient (Wildman–Crippen LogP) is 0.963. The molecule has 1 aliphatic carbocycles. The number of nitrogens with two attached hydrogens (primary N) is 1. The third-order valence-electron chi connectivity index (χ3n) is 4.27. The summed E-state index contributed by atoms with van der Waals surface area (Å²) in [6, 6.07) is 0.148. The molecule has 2 aliphatic rings. The highest BCUT2D eigenvalue weighted by atomic mass is 35.5. The zero-order valence-electron chi connectivity index (χ0n) is 12.0. The van der Waals surface area contributed by atoms with Crippen molar-refractivity contribution >= 4 is 28.2 Å². The minimum Gasteiger partial charge on any atom is -0.338 e. The van der Waals surface area contributed by atoms with Gasteiger partial charge in [0, 0.05) is 31.8 Å². The van der Waals surface area contributed by atoms with Crippen LogP contribution in [0.3, 0.4) is 0 Å². The first-order valence-electron chi connectivity index (χ1n) is 7.02. The summed E-state index contributed by atoms with van der Waals surface area (Å²) >= 11 is 0. The average Bonchev–Trinajstić information content (AvgIpc) is 3.05. The standard InChI is InChI=1S/C13H24N2O3S.ClH/c1-19(17,18)10-13(5-6-13)8-12(16)15-7-3-2-4-11(15)9-14;/h11H,2-10,14H2,1H3;1H. The van der Waals surface area contributed by atoms with E-state index in [9.17, 15) is 13.2 Å². The second-order valence-electron chi connectivity index (χ2n) is 6.22. The van der Waals surface area contributed by atoms with Crippen molar-refractivity contribution < 1.29 is 13.2 Å². The summed E-state index contributed by atoms with van der Waals surface area (Å²) in [6.07, 6.45) is 6.46. The fourth-order valence-corrected chi connectivity index (χ4v) is 4.60. The lowest BCUT2D eigenvalue weighted by Gasteiger charge is -2.36. The van der Waals surface area contributed by atoms with E-state index in [1.807, 2.05) is 4.90 Å². The van der Waals surface area contributed by atoms with Gasteiger partial charge in [0.2, 0.25) is 5.91 Å². The molecule has 118 valence electrons. The van der Waals surface area contributed by atoms with Gasteiger partial charge in [0.05, 0.1) is 5.75 Å². The first kappa shape index (κ1) is 17.7. The number of sulfone groups is 1. The fourth-order valence-electron chi connectivity index (χ4n) is 3.10. The zero-order chi connectivity index (χ0) is 14.1.